The predicted molar refractivity (Wildman–Crippen MR) is 122 cm³/mol. The number of halogens is 2. The van der Waals surface area contributed by atoms with Gasteiger partial charge >= 0.3 is 5.97 Å². The second-order valence-electron chi connectivity index (χ2n) is 8.04. The minimum absolute atomic E-state index is 0.0988. The molecule has 1 aliphatic rings. The van der Waals surface area contributed by atoms with E-state index in [-0.39, 0.29) is 23.6 Å². The standard InChI is InChI=1S/C26H27F2N3O2/c1-2-33-26(32)23-4-3-13-29-24(23)18-30-14-16-31(17-15-30)25(19-5-9-21(27)10-6-19)20-7-11-22(28)12-8-20/h3-13,25H,2,14-18H2,1H3. The van der Waals surface area contributed by atoms with E-state index in [0.717, 1.165) is 37.3 Å². The van der Waals surface area contributed by atoms with Crippen molar-refractivity contribution >= 4 is 5.97 Å². The number of esters is 1. The normalized spacial score (nSPS) is 15.0. The van der Waals surface area contributed by atoms with Crippen LogP contribution in [-0.4, -0.2) is 53.5 Å². The van der Waals surface area contributed by atoms with Crippen molar-refractivity contribution in [1.29, 1.82) is 0 Å². The SMILES string of the molecule is CCOC(=O)c1cccnc1CN1CCN(C(c2ccc(F)cc2)c2ccc(F)cc2)CC1. The summed E-state index contributed by atoms with van der Waals surface area (Å²) in [5.74, 6) is -0.921. The molecule has 3 aromatic rings. The van der Waals surface area contributed by atoms with Crippen LogP contribution in [0.4, 0.5) is 8.78 Å². The monoisotopic (exact) mass is 451 g/mol. The van der Waals surface area contributed by atoms with Gasteiger partial charge < -0.3 is 4.74 Å². The van der Waals surface area contributed by atoms with E-state index in [0.29, 0.717) is 24.4 Å². The second kappa shape index (κ2) is 10.6. The summed E-state index contributed by atoms with van der Waals surface area (Å²) in [6.07, 6.45) is 1.69. The fourth-order valence-corrected chi connectivity index (χ4v) is 4.25. The second-order valence-corrected chi connectivity index (χ2v) is 8.04. The molecular weight excluding hydrogens is 424 g/mol. The molecule has 0 atom stereocenters. The first-order valence-corrected chi connectivity index (χ1v) is 11.1. The van der Waals surface area contributed by atoms with Crippen LogP contribution in [0.2, 0.25) is 0 Å². The van der Waals surface area contributed by atoms with Gasteiger partial charge in [-0.1, -0.05) is 24.3 Å². The van der Waals surface area contributed by atoms with Gasteiger partial charge in [0, 0.05) is 38.9 Å². The molecule has 1 saturated heterocycles. The zero-order chi connectivity index (χ0) is 23.2. The Hall–Kier alpha value is -3.16. The molecule has 7 heteroatoms. The maximum Gasteiger partial charge on any atom is 0.340 e. The molecule has 5 nitrogen and oxygen atoms in total. The van der Waals surface area contributed by atoms with Crippen molar-refractivity contribution in [2.45, 2.75) is 19.5 Å². The fraction of sp³-hybridized carbons (Fsp3) is 0.308. The first kappa shape index (κ1) is 23.0. The third kappa shape index (κ3) is 5.61. The number of hydrogen-bond acceptors (Lipinski definition) is 5. The van der Waals surface area contributed by atoms with Crippen molar-refractivity contribution in [3.05, 3.63) is 101 Å². The summed E-state index contributed by atoms with van der Waals surface area (Å²) in [5, 5.41) is 0. The summed E-state index contributed by atoms with van der Waals surface area (Å²) in [4.78, 5) is 21.3. The molecule has 0 aliphatic carbocycles. The molecular formula is C26H27F2N3O2. The zero-order valence-corrected chi connectivity index (χ0v) is 18.6. The van der Waals surface area contributed by atoms with E-state index >= 15 is 0 Å². The van der Waals surface area contributed by atoms with E-state index < -0.39 is 0 Å². The smallest absolute Gasteiger partial charge is 0.340 e. The number of benzene rings is 2. The van der Waals surface area contributed by atoms with Crippen LogP contribution in [0.15, 0.2) is 66.9 Å². The lowest BCUT2D eigenvalue weighted by molar-refractivity contribution is 0.0521. The number of hydrogen-bond donors (Lipinski definition) is 0. The van der Waals surface area contributed by atoms with Crippen LogP contribution < -0.4 is 0 Å². The Morgan fingerprint density at radius 1 is 0.939 bits per heavy atom. The summed E-state index contributed by atoms with van der Waals surface area (Å²) in [6, 6.07) is 16.4. The van der Waals surface area contributed by atoms with Crippen LogP contribution in [-0.2, 0) is 11.3 Å². The van der Waals surface area contributed by atoms with E-state index in [9.17, 15) is 13.6 Å². The molecule has 2 aromatic carbocycles. The summed E-state index contributed by atoms with van der Waals surface area (Å²) in [7, 11) is 0. The molecule has 0 bridgehead atoms. The first-order chi connectivity index (χ1) is 16.0. The fourth-order valence-electron chi connectivity index (χ4n) is 4.25. The van der Waals surface area contributed by atoms with E-state index in [2.05, 4.69) is 14.8 Å². The average Bonchev–Trinajstić information content (AvgIpc) is 2.83. The van der Waals surface area contributed by atoms with Crippen LogP contribution in [0.5, 0.6) is 0 Å². The number of rotatable bonds is 7. The number of aromatic nitrogens is 1. The van der Waals surface area contributed by atoms with Gasteiger partial charge in [-0.25, -0.2) is 13.6 Å². The number of piperazine rings is 1. The highest BCUT2D eigenvalue weighted by atomic mass is 19.1. The number of nitrogens with zero attached hydrogens (tertiary/aromatic N) is 3. The largest absolute Gasteiger partial charge is 0.462 e. The van der Waals surface area contributed by atoms with Crippen molar-refractivity contribution < 1.29 is 18.3 Å². The molecule has 33 heavy (non-hydrogen) atoms. The Morgan fingerprint density at radius 2 is 1.52 bits per heavy atom. The van der Waals surface area contributed by atoms with Gasteiger partial charge in [-0.05, 0) is 54.4 Å². The van der Waals surface area contributed by atoms with Crippen molar-refractivity contribution in [3.63, 3.8) is 0 Å². The number of carbonyl (C=O) groups is 1. The lowest BCUT2D eigenvalue weighted by atomic mass is 9.96. The van der Waals surface area contributed by atoms with Crippen LogP contribution in [0.3, 0.4) is 0 Å². The summed E-state index contributed by atoms with van der Waals surface area (Å²) >= 11 is 0. The highest BCUT2D eigenvalue weighted by molar-refractivity contribution is 5.90. The minimum atomic E-state index is -0.355. The van der Waals surface area contributed by atoms with Crippen LogP contribution >= 0.6 is 0 Å². The maximum absolute atomic E-state index is 13.5. The topological polar surface area (TPSA) is 45.7 Å². The number of ether oxygens (including phenoxy) is 1. The number of pyridine rings is 1. The Labute approximate surface area is 192 Å². The molecule has 0 radical (unpaired) electrons. The third-order valence-corrected chi connectivity index (χ3v) is 5.90. The third-order valence-electron chi connectivity index (χ3n) is 5.90. The Morgan fingerprint density at radius 3 is 2.06 bits per heavy atom. The lowest BCUT2D eigenvalue weighted by Gasteiger charge is -2.39. The van der Waals surface area contributed by atoms with E-state index in [1.165, 1.54) is 24.3 Å². The van der Waals surface area contributed by atoms with Gasteiger partial charge in [-0.2, -0.15) is 0 Å². The van der Waals surface area contributed by atoms with Crippen molar-refractivity contribution in [3.8, 4) is 0 Å². The molecule has 2 heterocycles. The summed E-state index contributed by atoms with van der Waals surface area (Å²) in [5.41, 5.74) is 3.13. The zero-order valence-electron chi connectivity index (χ0n) is 18.6. The minimum Gasteiger partial charge on any atom is -0.462 e. The van der Waals surface area contributed by atoms with Crippen molar-refractivity contribution in [2.24, 2.45) is 0 Å². The van der Waals surface area contributed by atoms with Gasteiger partial charge in [0.1, 0.15) is 11.6 Å². The van der Waals surface area contributed by atoms with Crippen LogP contribution in [0.1, 0.15) is 40.1 Å². The molecule has 0 saturated carbocycles. The Kier molecular flexibility index (Phi) is 7.42. The van der Waals surface area contributed by atoms with Crippen LogP contribution in [0.25, 0.3) is 0 Å². The van der Waals surface area contributed by atoms with E-state index in [1.54, 1.807) is 49.5 Å². The van der Waals surface area contributed by atoms with Gasteiger partial charge in [-0.15, -0.1) is 0 Å². The van der Waals surface area contributed by atoms with E-state index in [1.807, 2.05) is 0 Å². The van der Waals surface area contributed by atoms with Gasteiger partial charge in [-0.3, -0.25) is 14.8 Å². The van der Waals surface area contributed by atoms with Gasteiger partial charge in [0.2, 0.25) is 0 Å². The quantitative estimate of drug-likeness (QED) is 0.497. The van der Waals surface area contributed by atoms with Gasteiger partial charge in [0.15, 0.2) is 0 Å². The molecule has 1 aliphatic heterocycles. The molecule has 0 spiro atoms. The van der Waals surface area contributed by atoms with Crippen molar-refractivity contribution in [1.82, 2.24) is 14.8 Å². The molecule has 4 rings (SSSR count). The molecule has 1 aromatic heterocycles. The first-order valence-electron chi connectivity index (χ1n) is 11.1. The summed E-state index contributed by atoms with van der Waals surface area (Å²) in [6.45, 7) is 5.74. The van der Waals surface area contributed by atoms with Crippen molar-refractivity contribution in [2.75, 3.05) is 32.8 Å². The van der Waals surface area contributed by atoms with E-state index in [4.69, 9.17) is 4.74 Å². The predicted octanol–water partition coefficient (Wildman–Crippen LogP) is 4.44. The molecule has 1 fully saturated rings. The van der Waals surface area contributed by atoms with Gasteiger partial charge in [0.05, 0.1) is 23.9 Å². The van der Waals surface area contributed by atoms with Crippen LogP contribution in [0, 0.1) is 11.6 Å². The highest BCUT2D eigenvalue weighted by Crippen LogP contribution is 2.30. The maximum atomic E-state index is 13.5. The molecule has 0 amide bonds. The molecule has 0 unspecified atom stereocenters. The average molecular weight is 452 g/mol. The number of carbonyl (C=O) groups excluding carboxylic acids is 1. The Balaban J connectivity index is 1.49. The molecule has 172 valence electrons. The summed E-state index contributed by atoms with van der Waals surface area (Å²) < 4.78 is 32.2. The Bertz CT molecular complexity index is 1020. The lowest BCUT2D eigenvalue weighted by Crippen LogP contribution is -2.47. The highest BCUT2D eigenvalue weighted by Gasteiger charge is 2.27. The van der Waals surface area contributed by atoms with Gasteiger partial charge in [0.25, 0.3) is 0 Å². The molecule has 0 N–H and O–H groups in total.